The fourth-order valence-electron chi connectivity index (χ4n) is 4.90. The zero-order chi connectivity index (χ0) is 30.8. The summed E-state index contributed by atoms with van der Waals surface area (Å²) in [5, 5.41) is 15.2. The van der Waals surface area contributed by atoms with Crippen molar-refractivity contribution in [2.75, 3.05) is 50.6 Å². The molecule has 0 bridgehead atoms. The summed E-state index contributed by atoms with van der Waals surface area (Å²) < 4.78 is 10.1. The number of aromatic nitrogens is 1. The number of aliphatic carboxylic acids is 1. The van der Waals surface area contributed by atoms with Crippen molar-refractivity contribution in [3.05, 3.63) is 83.7 Å². The Morgan fingerprint density at radius 3 is 2.47 bits per heavy atom. The molecule has 3 N–H and O–H groups in total. The van der Waals surface area contributed by atoms with Gasteiger partial charge in [-0.2, -0.15) is 0 Å². The Morgan fingerprint density at radius 2 is 1.79 bits per heavy atom. The molecule has 0 spiro atoms. The number of hydrogen-bond acceptors (Lipinski definition) is 8. The molecule has 3 amide bonds. The molecule has 12 heteroatoms. The maximum atomic E-state index is 13.4. The van der Waals surface area contributed by atoms with Crippen LogP contribution in [0.15, 0.2) is 67.0 Å². The van der Waals surface area contributed by atoms with Gasteiger partial charge in [0.05, 0.1) is 44.5 Å². The minimum Gasteiger partial charge on any atom is -0.497 e. The number of nitrogens with zero attached hydrogens (tertiary/aromatic N) is 3. The van der Waals surface area contributed by atoms with Gasteiger partial charge in [-0.05, 0) is 53.9 Å². The molecule has 1 aromatic heterocycles. The third-order valence-electron chi connectivity index (χ3n) is 7.10. The summed E-state index contributed by atoms with van der Waals surface area (Å²) in [6.07, 6.45) is 3.13. The van der Waals surface area contributed by atoms with Crippen molar-refractivity contribution in [1.82, 2.24) is 15.2 Å². The lowest BCUT2D eigenvalue weighted by Gasteiger charge is -2.26. The van der Waals surface area contributed by atoms with Gasteiger partial charge in [-0.15, -0.1) is 0 Å². The standard InChI is InChI=1S/C31H35N5O7/c1-42-24-9-6-21(7-10-24)17-28(37)33-26-18-22(30(40)34-25(19-29(38)39)23-5-3-12-32-20-23)8-11-27(26)35-13-4-14-36(16-15-35)31(41)43-2/h3,5-12,18,20,25H,4,13-17,19H2,1-2H3,(H,33,37)(H,34,40)(H,38,39). The molecule has 0 aliphatic carbocycles. The SMILES string of the molecule is COC(=O)N1CCCN(c2ccc(C(=O)NC(CC(=O)O)c3cccnc3)cc2NC(=O)Cc2ccc(OC)cc2)CC1. The zero-order valence-corrected chi connectivity index (χ0v) is 24.1. The molecule has 2 heterocycles. The summed E-state index contributed by atoms with van der Waals surface area (Å²) in [7, 11) is 2.92. The molecular formula is C31H35N5O7. The van der Waals surface area contributed by atoms with E-state index in [9.17, 15) is 24.3 Å². The van der Waals surface area contributed by atoms with E-state index in [4.69, 9.17) is 9.47 Å². The van der Waals surface area contributed by atoms with E-state index in [1.165, 1.54) is 13.3 Å². The number of benzene rings is 2. The second-order valence-electron chi connectivity index (χ2n) is 10.0. The van der Waals surface area contributed by atoms with Crippen molar-refractivity contribution in [2.24, 2.45) is 0 Å². The number of methoxy groups -OCH3 is 2. The Bertz CT molecular complexity index is 1430. The van der Waals surface area contributed by atoms with E-state index in [1.54, 1.807) is 72.8 Å². The number of amides is 3. The van der Waals surface area contributed by atoms with E-state index >= 15 is 0 Å². The van der Waals surface area contributed by atoms with Crippen molar-refractivity contribution < 1.29 is 33.8 Å². The van der Waals surface area contributed by atoms with Gasteiger partial charge in [0.25, 0.3) is 5.91 Å². The number of hydrogen-bond donors (Lipinski definition) is 3. The van der Waals surface area contributed by atoms with Crippen LogP contribution in [0, 0.1) is 0 Å². The van der Waals surface area contributed by atoms with Crippen LogP contribution in [0.25, 0.3) is 0 Å². The van der Waals surface area contributed by atoms with Crippen molar-refractivity contribution in [1.29, 1.82) is 0 Å². The molecule has 1 aliphatic rings. The normalized spacial score (nSPS) is 13.8. The highest BCUT2D eigenvalue weighted by molar-refractivity contribution is 6.00. The highest BCUT2D eigenvalue weighted by Crippen LogP contribution is 2.29. The number of ether oxygens (including phenoxy) is 2. The number of carboxylic acids is 1. The van der Waals surface area contributed by atoms with Gasteiger partial charge in [-0.1, -0.05) is 18.2 Å². The minimum atomic E-state index is -1.07. The summed E-state index contributed by atoms with van der Waals surface area (Å²) in [5.41, 5.74) is 2.70. The number of carbonyl (C=O) groups excluding carboxylic acids is 3. The second-order valence-corrected chi connectivity index (χ2v) is 10.0. The van der Waals surface area contributed by atoms with Crippen LogP contribution in [0.1, 0.15) is 40.4 Å². The van der Waals surface area contributed by atoms with Crippen LogP contribution in [0.4, 0.5) is 16.2 Å². The Morgan fingerprint density at radius 1 is 1.00 bits per heavy atom. The van der Waals surface area contributed by atoms with Gasteiger partial charge in [0, 0.05) is 44.1 Å². The molecule has 226 valence electrons. The Hall–Kier alpha value is -5.13. The molecule has 1 aliphatic heterocycles. The summed E-state index contributed by atoms with van der Waals surface area (Å²) in [6.45, 7) is 2.06. The van der Waals surface area contributed by atoms with Gasteiger partial charge in [0.15, 0.2) is 0 Å². The Labute approximate surface area is 249 Å². The Kier molecular flexibility index (Phi) is 10.5. The lowest BCUT2D eigenvalue weighted by molar-refractivity contribution is -0.137. The topological polar surface area (TPSA) is 150 Å². The van der Waals surface area contributed by atoms with E-state index in [1.807, 2.05) is 0 Å². The smallest absolute Gasteiger partial charge is 0.409 e. The van der Waals surface area contributed by atoms with Crippen molar-refractivity contribution in [3.8, 4) is 5.75 Å². The molecule has 3 aromatic rings. The van der Waals surface area contributed by atoms with Crippen LogP contribution >= 0.6 is 0 Å². The first-order valence-corrected chi connectivity index (χ1v) is 13.8. The molecule has 1 saturated heterocycles. The maximum Gasteiger partial charge on any atom is 0.409 e. The summed E-state index contributed by atoms with van der Waals surface area (Å²) in [4.78, 5) is 57.9. The van der Waals surface area contributed by atoms with Crippen LogP contribution < -0.4 is 20.3 Å². The van der Waals surface area contributed by atoms with Crippen LogP contribution in [-0.2, 0) is 20.7 Å². The molecule has 1 fully saturated rings. The number of pyridine rings is 1. The summed E-state index contributed by atoms with van der Waals surface area (Å²) >= 11 is 0. The fraction of sp³-hybridized carbons (Fsp3) is 0.323. The van der Waals surface area contributed by atoms with E-state index in [2.05, 4.69) is 20.5 Å². The number of carboxylic acid groups (broad SMARTS) is 1. The molecule has 43 heavy (non-hydrogen) atoms. The molecule has 1 atom stereocenters. The number of rotatable bonds is 10. The van der Waals surface area contributed by atoms with Crippen LogP contribution in [0.2, 0.25) is 0 Å². The van der Waals surface area contributed by atoms with Gasteiger partial charge in [0.2, 0.25) is 5.91 Å². The van der Waals surface area contributed by atoms with E-state index in [-0.39, 0.29) is 24.3 Å². The first-order chi connectivity index (χ1) is 20.8. The number of nitrogens with one attached hydrogen (secondary N) is 2. The predicted octanol–water partition coefficient (Wildman–Crippen LogP) is 3.50. The molecular weight excluding hydrogens is 554 g/mol. The number of carbonyl (C=O) groups is 4. The summed E-state index contributed by atoms with van der Waals surface area (Å²) in [6, 6.07) is 14.7. The average molecular weight is 590 g/mol. The first kappa shape index (κ1) is 30.8. The van der Waals surface area contributed by atoms with E-state index in [0.717, 1.165) is 5.56 Å². The molecule has 12 nitrogen and oxygen atoms in total. The average Bonchev–Trinajstić information content (AvgIpc) is 3.27. The monoisotopic (exact) mass is 589 g/mol. The third-order valence-corrected chi connectivity index (χ3v) is 7.10. The van der Waals surface area contributed by atoms with E-state index in [0.29, 0.717) is 55.3 Å². The largest absolute Gasteiger partial charge is 0.497 e. The van der Waals surface area contributed by atoms with Gasteiger partial charge in [-0.3, -0.25) is 19.4 Å². The highest BCUT2D eigenvalue weighted by atomic mass is 16.5. The quantitative estimate of drug-likeness (QED) is 0.323. The fourth-order valence-corrected chi connectivity index (χ4v) is 4.90. The predicted molar refractivity (Wildman–Crippen MR) is 159 cm³/mol. The minimum absolute atomic E-state index is 0.0949. The lowest BCUT2D eigenvalue weighted by atomic mass is 10.0. The Balaban J connectivity index is 1.59. The van der Waals surface area contributed by atoms with Gasteiger partial charge in [0.1, 0.15) is 5.75 Å². The molecule has 2 aromatic carbocycles. The van der Waals surface area contributed by atoms with Crippen LogP contribution in [0.5, 0.6) is 5.75 Å². The zero-order valence-electron chi connectivity index (χ0n) is 24.1. The van der Waals surface area contributed by atoms with Gasteiger partial charge in [-0.25, -0.2) is 4.79 Å². The molecule has 1 unspecified atom stereocenters. The molecule has 4 rings (SSSR count). The molecule has 0 saturated carbocycles. The maximum absolute atomic E-state index is 13.4. The first-order valence-electron chi connectivity index (χ1n) is 13.8. The summed E-state index contributed by atoms with van der Waals surface area (Å²) in [5.74, 6) is -1.17. The lowest BCUT2D eigenvalue weighted by Crippen LogP contribution is -2.35. The number of anilines is 2. The van der Waals surface area contributed by atoms with E-state index < -0.39 is 24.0 Å². The third kappa shape index (κ3) is 8.44. The van der Waals surface area contributed by atoms with Gasteiger partial charge < -0.3 is 35.0 Å². The van der Waals surface area contributed by atoms with Crippen molar-refractivity contribution in [3.63, 3.8) is 0 Å². The van der Waals surface area contributed by atoms with Crippen LogP contribution in [-0.4, -0.2) is 79.3 Å². The molecule has 0 radical (unpaired) electrons. The van der Waals surface area contributed by atoms with Gasteiger partial charge >= 0.3 is 12.1 Å². The van der Waals surface area contributed by atoms with Crippen molar-refractivity contribution >= 4 is 35.3 Å². The van der Waals surface area contributed by atoms with Crippen molar-refractivity contribution in [2.45, 2.75) is 25.3 Å². The van der Waals surface area contributed by atoms with Crippen LogP contribution in [0.3, 0.4) is 0 Å². The highest BCUT2D eigenvalue weighted by Gasteiger charge is 2.24. The second kappa shape index (κ2) is 14.7.